The minimum absolute atomic E-state index is 0.137. The van der Waals surface area contributed by atoms with Gasteiger partial charge in [0, 0.05) is 17.5 Å². The SMILES string of the molecule is CCCC(CCC)Oc1ccc(-c2cccc(COc3ccc4c(c3)OCC4C(C)C(=O)O)c2)c(C)c1. The van der Waals surface area contributed by atoms with Crippen LogP contribution in [0.25, 0.3) is 11.1 Å². The van der Waals surface area contributed by atoms with Gasteiger partial charge in [-0.1, -0.05) is 63.9 Å². The number of ether oxygens (including phenoxy) is 3. The first-order chi connectivity index (χ1) is 17.9. The molecule has 1 aliphatic rings. The number of fused-ring (bicyclic) bond motifs is 1. The highest BCUT2D eigenvalue weighted by atomic mass is 16.5. The first-order valence-electron chi connectivity index (χ1n) is 13.4. The monoisotopic (exact) mass is 502 g/mol. The number of carbonyl (C=O) groups is 1. The Bertz CT molecular complexity index is 1210. The molecule has 37 heavy (non-hydrogen) atoms. The van der Waals surface area contributed by atoms with Gasteiger partial charge in [0.1, 0.15) is 23.9 Å². The summed E-state index contributed by atoms with van der Waals surface area (Å²) in [5.41, 5.74) is 5.51. The number of carboxylic acid groups (broad SMARTS) is 1. The zero-order chi connectivity index (χ0) is 26.4. The van der Waals surface area contributed by atoms with E-state index in [9.17, 15) is 9.90 Å². The van der Waals surface area contributed by atoms with Gasteiger partial charge in [-0.2, -0.15) is 0 Å². The number of hydrogen-bond acceptors (Lipinski definition) is 4. The van der Waals surface area contributed by atoms with Crippen LogP contribution >= 0.6 is 0 Å². The van der Waals surface area contributed by atoms with Gasteiger partial charge in [-0.25, -0.2) is 0 Å². The molecule has 2 atom stereocenters. The van der Waals surface area contributed by atoms with E-state index >= 15 is 0 Å². The summed E-state index contributed by atoms with van der Waals surface area (Å²) in [6.07, 6.45) is 4.68. The van der Waals surface area contributed by atoms with Crippen molar-refractivity contribution in [2.24, 2.45) is 5.92 Å². The van der Waals surface area contributed by atoms with E-state index in [1.807, 2.05) is 18.2 Å². The van der Waals surface area contributed by atoms with Gasteiger partial charge in [0.25, 0.3) is 0 Å². The third-order valence-electron chi connectivity index (χ3n) is 7.16. The van der Waals surface area contributed by atoms with Crippen LogP contribution in [0.2, 0.25) is 0 Å². The minimum atomic E-state index is -0.809. The molecular weight excluding hydrogens is 464 g/mol. The van der Waals surface area contributed by atoms with E-state index in [1.54, 1.807) is 6.92 Å². The van der Waals surface area contributed by atoms with Crippen molar-refractivity contribution < 1.29 is 24.1 Å². The molecule has 2 unspecified atom stereocenters. The molecule has 196 valence electrons. The van der Waals surface area contributed by atoms with Crippen molar-refractivity contribution in [2.45, 2.75) is 72.0 Å². The average Bonchev–Trinajstić information content (AvgIpc) is 3.31. The van der Waals surface area contributed by atoms with Crippen LogP contribution in [0.1, 0.15) is 69.1 Å². The zero-order valence-corrected chi connectivity index (χ0v) is 22.3. The van der Waals surface area contributed by atoms with Gasteiger partial charge in [-0.15, -0.1) is 0 Å². The van der Waals surface area contributed by atoms with Gasteiger partial charge in [0.05, 0.1) is 18.6 Å². The van der Waals surface area contributed by atoms with Crippen LogP contribution in [-0.2, 0) is 11.4 Å². The molecule has 3 aromatic carbocycles. The maximum absolute atomic E-state index is 11.4. The number of aliphatic carboxylic acids is 1. The van der Waals surface area contributed by atoms with Crippen molar-refractivity contribution in [2.75, 3.05) is 6.61 Å². The van der Waals surface area contributed by atoms with Gasteiger partial charge < -0.3 is 19.3 Å². The molecule has 3 aromatic rings. The van der Waals surface area contributed by atoms with E-state index in [2.05, 4.69) is 63.2 Å². The molecule has 5 nitrogen and oxygen atoms in total. The van der Waals surface area contributed by atoms with Crippen molar-refractivity contribution in [1.82, 2.24) is 0 Å². The topological polar surface area (TPSA) is 65.0 Å². The maximum atomic E-state index is 11.4. The standard InChI is InChI=1S/C32H38O5/c1-5-8-25(9-6-2)37-27-13-14-28(21(3)16-27)24-11-7-10-23(17-24)19-35-26-12-15-29-30(22(4)32(33)34)20-36-31(29)18-26/h7,10-18,22,25,30H,5-6,8-9,19-20H2,1-4H3,(H,33,34). The van der Waals surface area contributed by atoms with Crippen molar-refractivity contribution in [3.63, 3.8) is 0 Å². The summed E-state index contributed by atoms with van der Waals surface area (Å²) < 4.78 is 18.1. The van der Waals surface area contributed by atoms with Crippen LogP contribution in [0.15, 0.2) is 60.7 Å². The third kappa shape index (κ3) is 6.46. The number of benzene rings is 3. The Hall–Kier alpha value is -3.47. The molecule has 0 amide bonds. The van der Waals surface area contributed by atoms with E-state index < -0.39 is 11.9 Å². The smallest absolute Gasteiger partial charge is 0.306 e. The lowest BCUT2D eigenvalue weighted by Crippen LogP contribution is -2.19. The van der Waals surface area contributed by atoms with Crippen molar-refractivity contribution in [3.05, 3.63) is 77.4 Å². The third-order valence-corrected chi connectivity index (χ3v) is 7.16. The lowest BCUT2D eigenvalue weighted by Gasteiger charge is -2.19. The van der Waals surface area contributed by atoms with Crippen LogP contribution in [0.3, 0.4) is 0 Å². The number of aryl methyl sites for hydroxylation is 1. The normalized spacial score (nSPS) is 15.2. The fourth-order valence-corrected chi connectivity index (χ4v) is 5.02. The molecule has 0 aromatic heterocycles. The summed E-state index contributed by atoms with van der Waals surface area (Å²) in [5, 5.41) is 9.36. The van der Waals surface area contributed by atoms with E-state index in [1.165, 1.54) is 11.1 Å². The van der Waals surface area contributed by atoms with E-state index in [0.717, 1.165) is 48.1 Å². The summed E-state index contributed by atoms with van der Waals surface area (Å²) in [5.74, 6) is 0.917. The van der Waals surface area contributed by atoms with Gasteiger partial charge in [0.2, 0.25) is 0 Å². The van der Waals surface area contributed by atoms with Crippen molar-refractivity contribution >= 4 is 5.97 Å². The summed E-state index contributed by atoms with van der Waals surface area (Å²) in [4.78, 5) is 11.4. The molecule has 0 spiro atoms. The minimum Gasteiger partial charge on any atom is -0.492 e. The van der Waals surface area contributed by atoms with Gasteiger partial charge in [0.15, 0.2) is 0 Å². The number of hydrogen-bond donors (Lipinski definition) is 1. The van der Waals surface area contributed by atoms with Crippen LogP contribution in [-0.4, -0.2) is 23.8 Å². The highest BCUT2D eigenvalue weighted by molar-refractivity contribution is 5.72. The number of rotatable bonds is 12. The molecule has 0 fully saturated rings. The van der Waals surface area contributed by atoms with Crippen LogP contribution in [0, 0.1) is 12.8 Å². The van der Waals surface area contributed by atoms with Crippen LogP contribution < -0.4 is 14.2 Å². The van der Waals surface area contributed by atoms with Crippen molar-refractivity contribution in [3.8, 4) is 28.4 Å². The quantitative estimate of drug-likeness (QED) is 0.274. The van der Waals surface area contributed by atoms with E-state index in [-0.39, 0.29) is 12.0 Å². The Kier molecular flexibility index (Phi) is 8.75. The van der Waals surface area contributed by atoms with Gasteiger partial charge in [-0.3, -0.25) is 4.79 Å². The molecular formula is C32H38O5. The summed E-state index contributed by atoms with van der Waals surface area (Å²) in [7, 11) is 0. The lowest BCUT2D eigenvalue weighted by atomic mass is 9.89. The summed E-state index contributed by atoms with van der Waals surface area (Å²) >= 11 is 0. The van der Waals surface area contributed by atoms with Crippen LogP contribution in [0.5, 0.6) is 17.2 Å². The van der Waals surface area contributed by atoms with Crippen LogP contribution in [0.4, 0.5) is 0 Å². The van der Waals surface area contributed by atoms with E-state index in [0.29, 0.717) is 24.7 Å². The summed E-state index contributed by atoms with van der Waals surface area (Å²) in [6.45, 7) is 9.07. The molecule has 0 radical (unpaired) electrons. The van der Waals surface area contributed by atoms with Crippen molar-refractivity contribution in [1.29, 1.82) is 0 Å². The van der Waals surface area contributed by atoms with E-state index in [4.69, 9.17) is 14.2 Å². The average molecular weight is 503 g/mol. The first kappa shape index (κ1) is 26.6. The molecule has 1 aliphatic heterocycles. The predicted molar refractivity (Wildman–Crippen MR) is 147 cm³/mol. The molecule has 0 bridgehead atoms. The second-order valence-corrected chi connectivity index (χ2v) is 10.0. The maximum Gasteiger partial charge on any atom is 0.306 e. The number of carboxylic acids is 1. The molecule has 0 saturated carbocycles. The Balaban J connectivity index is 1.42. The fourth-order valence-electron chi connectivity index (χ4n) is 5.02. The predicted octanol–water partition coefficient (Wildman–Crippen LogP) is 7.79. The summed E-state index contributed by atoms with van der Waals surface area (Å²) in [6, 6.07) is 20.4. The molecule has 4 rings (SSSR count). The molecule has 1 heterocycles. The Labute approximate surface area is 220 Å². The van der Waals surface area contributed by atoms with Gasteiger partial charge >= 0.3 is 5.97 Å². The lowest BCUT2D eigenvalue weighted by molar-refractivity contribution is -0.142. The molecule has 0 saturated heterocycles. The Morgan fingerprint density at radius 1 is 1.03 bits per heavy atom. The van der Waals surface area contributed by atoms with Gasteiger partial charge in [-0.05, 0) is 66.3 Å². The first-order valence-corrected chi connectivity index (χ1v) is 13.4. The second-order valence-electron chi connectivity index (χ2n) is 10.0. The molecule has 0 aliphatic carbocycles. The molecule has 1 N–H and O–H groups in total. The zero-order valence-electron chi connectivity index (χ0n) is 22.3. The Morgan fingerprint density at radius 2 is 1.78 bits per heavy atom. The Morgan fingerprint density at radius 3 is 2.49 bits per heavy atom. The largest absolute Gasteiger partial charge is 0.492 e. The fraction of sp³-hybridized carbons (Fsp3) is 0.406. The second kappa shape index (κ2) is 12.2. The highest BCUT2D eigenvalue weighted by Crippen LogP contribution is 2.40. The molecule has 5 heteroatoms. The highest BCUT2D eigenvalue weighted by Gasteiger charge is 2.33.